The lowest BCUT2D eigenvalue weighted by atomic mass is 10.1. The smallest absolute Gasteiger partial charge is 0.225 e. The SMILES string of the molecule is CC(=O)N(c1ccc(Cl)cc1)C1CSC(=NC2CCCCCC2)N1C. The average molecular weight is 380 g/mol. The number of benzene rings is 1. The van der Waals surface area contributed by atoms with Gasteiger partial charge in [-0.3, -0.25) is 14.7 Å². The van der Waals surface area contributed by atoms with Crippen molar-refractivity contribution in [3.63, 3.8) is 0 Å². The minimum Gasteiger partial charge on any atom is -0.333 e. The first kappa shape index (κ1) is 18.6. The van der Waals surface area contributed by atoms with Crippen molar-refractivity contribution in [3.05, 3.63) is 29.3 Å². The monoisotopic (exact) mass is 379 g/mol. The first-order chi connectivity index (χ1) is 12.1. The van der Waals surface area contributed by atoms with Crippen molar-refractivity contribution in [2.45, 2.75) is 57.7 Å². The molecule has 0 spiro atoms. The van der Waals surface area contributed by atoms with Gasteiger partial charge in [0.1, 0.15) is 6.17 Å². The van der Waals surface area contributed by atoms with Crippen molar-refractivity contribution < 1.29 is 4.79 Å². The van der Waals surface area contributed by atoms with E-state index >= 15 is 0 Å². The van der Waals surface area contributed by atoms with E-state index in [4.69, 9.17) is 16.6 Å². The Morgan fingerprint density at radius 3 is 2.44 bits per heavy atom. The summed E-state index contributed by atoms with van der Waals surface area (Å²) in [6, 6.07) is 7.91. The summed E-state index contributed by atoms with van der Waals surface area (Å²) in [6.07, 6.45) is 7.61. The van der Waals surface area contributed by atoms with Crippen LogP contribution in [0.1, 0.15) is 45.4 Å². The van der Waals surface area contributed by atoms with Crippen LogP contribution in [-0.2, 0) is 4.79 Å². The number of halogens is 1. The summed E-state index contributed by atoms with van der Waals surface area (Å²) in [5.41, 5.74) is 0.880. The number of amides is 1. The van der Waals surface area contributed by atoms with E-state index in [1.807, 2.05) is 36.2 Å². The van der Waals surface area contributed by atoms with Crippen molar-refractivity contribution >= 4 is 40.1 Å². The van der Waals surface area contributed by atoms with Gasteiger partial charge < -0.3 is 4.90 Å². The van der Waals surface area contributed by atoms with Crippen molar-refractivity contribution in [2.75, 3.05) is 17.7 Å². The van der Waals surface area contributed by atoms with Crippen molar-refractivity contribution in [1.82, 2.24) is 4.90 Å². The maximum atomic E-state index is 12.3. The number of hydrogen-bond acceptors (Lipinski definition) is 3. The molecule has 136 valence electrons. The predicted octanol–water partition coefficient (Wildman–Crippen LogP) is 4.78. The highest BCUT2D eigenvalue weighted by atomic mass is 35.5. The third-order valence-corrected chi connectivity index (χ3v) is 6.34. The van der Waals surface area contributed by atoms with Crippen LogP contribution in [0.2, 0.25) is 5.02 Å². The van der Waals surface area contributed by atoms with E-state index in [9.17, 15) is 4.79 Å². The van der Waals surface area contributed by atoms with Gasteiger partial charge in [0.15, 0.2) is 5.17 Å². The first-order valence-corrected chi connectivity index (χ1v) is 10.4. The van der Waals surface area contributed by atoms with E-state index in [2.05, 4.69) is 4.90 Å². The maximum Gasteiger partial charge on any atom is 0.225 e. The van der Waals surface area contributed by atoms with Crippen LogP contribution >= 0.6 is 23.4 Å². The number of amidine groups is 1. The molecule has 2 aliphatic rings. The molecule has 6 heteroatoms. The molecule has 1 aliphatic heterocycles. The Bertz CT molecular complexity index is 626. The van der Waals surface area contributed by atoms with E-state index < -0.39 is 0 Å². The molecule has 1 aromatic carbocycles. The molecule has 1 saturated heterocycles. The average Bonchev–Trinajstić information content (AvgIpc) is 2.78. The zero-order valence-corrected chi connectivity index (χ0v) is 16.5. The van der Waals surface area contributed by atoms with Gasteiger partial charge in [0.05, 0.1) is 6.04 Å². The Balaban J connectivity index is 1.77. The van der Waals surface area contributed by atoms with E-state index in [0.29, 0.717) is 11.1 Å². The Kier molecular flexibility index (Phi) is 6.29. The molecule has 4 nitrogen and oxygen atoms in total. The predicted molar refractivity (Wildman–Crippen MR) is 108 cm³/mol. The zero-order chi connectivity index (χ0) is 17.8. The molecule has 1 saturated carbocycles. The van der Waals surface area contributed by atoms with Crippen LogP contribution in [-0.4, -0.2) is 41.0 Å². The van der Waals surface area contributed by atoms with Gasteiger partial charge in [-0.2, -0.15) is 0 Å². The summed E-state index contributed by atoms with van der Waals surface area (Å²) < 4.78 is 0. The number of hydrogen-bond donors (Lipinski definition) is 0. The largest absolute Gasteiger partial charge is 0.333 e. The summed E-state index contributed by atoms with van der Waals surface area (Å²) in [5.74, 6) is 0.875. The fourth-order valence-corrected chi connectivity index (χ4v) is 4.92. The molecule has 3 rings (SSSR count). The molecule has 1 aliphatic carbocycles. The molecule has 0 N–H and O–H groups in total. The highest BCUT2D eigenvalue weighted by Crippen LogP contribution is 2.31. The maximum absolute atomic E-state index is 12.3. The summed E-state index contributed by atoms with van der Waals surface area (Å²) in [7, 11) is 2.05. The van der Waals surface area contributed by atoms with Gasteiger partial charge in [0, 0.05) is 30.4 Å². The van der Waals surface area contributed by atoms with Crippen LogP contribution in [0.25, 0.3) is 0 Å². The van der Waals surface area contributed by atoms with Crippen molar-refractivity contribution in [3.8, 4) is 0 Å². The van der Waals surface area contributed by atoms with Gasteiger partial charge in [0.25, 0.3) is 0 Å². The second-order valence-corrected chi connectivity index (χ2v) is 8.25. The Hall–Kier alpha value is -1.20. The van der Waals surface area contributed by atoms with Crippen LogP contribution in [0.3, 0.4) is 0 Å². The molecule has 1 heterocycles. The number of aliphatic imine (C=N–C) groups is 1. The van der Waals surface area contributed by atoms with Crippen molar-refractivity contribution in [2.24, 2.45) is 4.99 Å². The summed E-state index contributed by atoms with van der Waals surface area (Å²) in [5, 5.41) is 1.74. The molecular weight excluding hydrogens is 354 g/mol. The number of thioether (sulfide) groups is 1. The number of rotatable bonds is 3. The second-order valence-electron chi connectivity index (χ2n) is 6.83. The highest BCUT2D eigenvalue weighted by molar-refractivity contribution is 8.14. The fourth-order valence-electron chi connectivity index (χ4n) is 3.57. The normalized spacial score (nSPS) is 23.7. The molecule has 1 aromatic rings. The lowest BCUT2D eigenvalue weighted by Gasteiger charge is -2.33. The van der Waals surface area contributed by atoms with Gasteiger partial charge >= 0.3 is 0 Å². The molecule has 0 bridgehead atoms. The number of carbonyl (C=O) groups excluding carboxylic acids is 1. The van der Waals surface area contributed by atoms with Gasteiger partial charge in [-0.15, -0.1) is 0 Å². The molecule has 0 aromatic heterocycles. The third-order valence-electron chi connectivity index (χ3n) is 4.97. The minimum atomic E-state index is -0.00629. The van der Waals surface area contributed by atoms with Crippen LogP contribution in [0.15, 0.2) is 29.3 Å². The number of nitrogens with zero attached hydrogens (tertiary/aromatic N) is 3. The number of carbonyl (C=O) groups is 1. The third kappa shape index (κ3) is 4.50. The number of anilines is 1. The quantitative estimate of drug-likeness (QED) is 0.709. The highest BCUT2D eigenvalue weighted by Gasteiger charge is 2.34. The van der Waals surface area contributed by atoms with E-state index in [1.165, 1.54) is 38.5 Å². The van der Waals surface area contributed by atoms with E-state index in [0.717, 1.165) is 16.6 Å². The summed E-state index contributed by atoms with van der Waals surface area (Å²) in [6.45, 7) is 1.62. The lowest BCUT2D eigenvalue weighted by molar-refractivity contribution is -0.117. The van der Waals surface area contributed by atoms with Crippen LogP contribution in [0.5, 0.6) is 0 Å². The van der Waals surface area contributed by atoms with Crippen LogP contribution in [0.4, 0.5) is 5.69 Å². The zero-order valence-electron chi connectivity index (χ0n) is 14.9. The van der Waals surface area contributed by atoms with Crippen molar-refractivity contribution in [1.29, 1.82) is 0 Å². The molecule has 1 amide bonds. The second kappa shape index (κ2) is 8.45. The van der Waals surface area contributed by atoms with Crippen LogP contribution < -0.4 is 4.90 Å². The Morgan fingerprint density at radius 1 is 1.20 bits per heavy atom. The van der Waals surface area contributed by atoms with Gasteiger partial charge in [-0.05, 0) is 37.1 Å². The van der Waals surface area contributed by atoms with Crippen LogP contribution in [0, 0.1) is 0 Å². The summed E-state index contributed by atoms with van der Waals surface area (Å²) in [4.78, 5) is 21.3. The summed E-state index contributed by atoms with van der Waals surface area (Å²) >= 11 is 7.75. The standard InChI is InChI=1S/C19H26ClN3OS/c1-14(24)23(17-11-9-15(20)10-12-17)18-13-25-19(22(18)2)21-16-7-5-3-4-6-8-16/h9-12,16,18H,3-8,13H2,1-2H3. The minimum absolute atomic E-state index is 0.00629. The molecule has 25 heavy (non-hydrogen) atoms. The van der Waals surface area contributed by atoms with E-state index in [1.54, 1.807) is 18.7 Å². The van der Waals surface area contributed by atoms with Gasteiger partial charge in [-0.25, -0.2) is 0 Å². The first-order valence-electron chi connectivity index (χ1n) is 9.05. The van der Waals surface area contributed by atoms with Gasteiger partial charge in [0.2, 0.25) is 5.91 Å². The molecule has 1 unspecified atom stereocenters. The molecule has 0 radical (unpaired) electrons. The molecule has 2 fully saturated rings. The molecule has 1 atom stereocenters. The lowest BCUT2D eigenvalue weighted by Crippen LogP contribution is -2.48. The van der Waals surface area contributed by atoms with E-state index in [-0.39, 0.29) is 12.1 Å². The topological polar surface area (TPSA) is 35.9 Å². The molecular formula is C19H26ClN3OS. The Morgan fingerprint density at radius 2 is 1.84 bits per heavy atom. The Labute approximate surface area is 159 Å². The van der Waals surface area contributed by atoms with Gasteiger partial charge in [-0.1, -0.05) is 49.0 Å². The fraction of sp³-hybridized carbons (Fsp3) is 0.579.